The minimum Gasteiger partial charge on any atom is -0.425 e. The Hall–Kier alpha value is -1.52. The summed E-state index contributed by atoms with van der Waals surface area (Å²) in [6, 6.07) is 3.05. The lowest BCUT2D eigenvalue weighted by Gasteiger charge is -2.13. The van der Waals surface area contributed by atoms with E-state index in [0.717, 1.165) is 0 Å². The van der Waals surface area contributed by atoms with Crippen LogP contribution in [0.2, 0.25) is 0 Å². The normalized spacial score (nSPS) is 16.7. The van der Waals surface area contributed by atoms with Gasteiger partial charge in [-0.2, -0.15) is 0 Å². The van der Waals surface area contributed by atoms with Gasteiger partial charge in [0.2, 0.25) is 6.43 Å². The minimum absolute atomic E-state index is 0.308. The Kier molecular flexibility index (Phi) is 3.59. The second-order valence-corrected chi connectivity index (χ2v) is 4.56. The van der Waals surface area contributed by atoms with Gasteiger partial charge in [0.25, 0.3) is 0 Å². The van der Waals surface area contributed by atoms with Gasteiger partial charge in [0.15, 0.2) is 0 Å². The first-order valence-electron chi connectivity index (χ1n) is 6.04. The molecule has 0 bridgehead atoms. The number of halogens is 2. The maximum absolute atomic E-state index is 12.8. The SMILES string of the molecule is CCCC(=O)Oc1ccc(C2(C(F)F)CC2)nc1. The van der Waals surface area contributed by atoms with Crippen LogP contribution in [-0.2, 0) is 10.2 Å². The van der Waals surface area contributed by atoms with Crippen molar-refractivity contribution >= 4 is 5.97 Å². The standard InChI is InChI=1S/C13H15F2NO2/c1-2-3-11(17)18-9-4-5-10(16-8-9)13(6-7-13)12(14)15/h4-5,8,12H,2-3,6-7H2,1H3. The van der Waals surface area contributed by atoms with Crippen molar-refractivity contribution in [1.29, 1.82) is 0 Å². The van der Waals surface area contributed by atoms with E-state index in [2.05, 4.69) is 4.98 Å². The molecule has 1 aliphatic rings. The molecule has 0 N–H and O–H groups in total. The number of hydrogen-bond donors (Lipinski definition) is 0. The zero-order valence-electron chi connectivity index (χ0n) is 10.2. The highest BCUT2D eigenvalue weighted by molar-refractivity contribution is 5.72. The number of nitrogens with zero attached hydrogens (tertiary/aromatic N) is 1. The topological polar surface area (TPSA) is 39.2 Å². The third-order valence-corrected chi connectivity index (χ3v) is 3.14. The van der Waals surface area contributed by atoms with E-state index in [1.807, 2.05) is 6.92 Å². The first kappa shape index (κ1) is 12.9. The molecular formula is C13H15F2NO2. The predicted octanol–water partition coefficient (Wildman–Crippen LogP) is 3.08. The van der Waals surface area contributed by atoms with Crippen LogP contribution in [0.3, 0.4) is 0 Å². The molecule has 98 valence electrons. The first-order valence-corrected chi connectivity index (χ1v) is 6.04. The van der Waals surface area contributed by atoms with E-state index >= 15 is 0 Å². The first-order chi connectivity index (χ1) is 8.58. The summed E-state index contributed by atoms with van der Waals surface area (Å²) in [4.78, 5) is 15.2. The molecule has 0 spiro atoms. The van der Waals surface area contributed by atoms with Crippen LogP contribution in [0.25, 0.3) is 0 Å². The van der Waals surface area contributed by atoms with Crippen LogP contribution in [-0.4, -0.2) is 17.4 Å². The predicted molar refractivity (Wildman–Crippen MR) is 61.7 cm³/mol. The number of pyridine rings is 1. The van der Waals surface area contributed by atoms with Crippen LogP contribution in [0.1, 0.15) is 38.3 Å². The summed E-state index contributed by atoms with van der Waals surface area (Å²) in [5.74, 6) is -0.0238. The summed E-state index contributed by atoms with van der Waals surface area (Å²) >= 11 is 0. The third-order valence-electron chi connectivity index (χ3n) is 3.14. The average Bonchev–Trinajstić information content (AvgIpc) is 3.11. The molecule has 0 amide bonds. The molecule has 1 aromatic rings. The Balaban J connectivity index is 2.04. The van der Waals surface area contributed by atoms with Crippen LogP contribution in [0.4, 0.5) is 8.78 Å². The van der Waals surface area contributed by atoms with Gasteiger partial charge < -0.3 is 4.74 Å². The van der Waals surface area contributed by atoms with Gasteiger partial charge in [-0.1, -0.05) is 6.92 Å². The quantitative estimate of drug-likeness (QED) is 0.759. The molecule has 0 aliphatic heterocycles. The number of hydrogen-bond acceptors (Lipinski definition) is 3. The number of carbonyl (C=O) groups is 1. The summed E-state index contributed by atoms with van der Waals surface area (Å²) in [6.45, 7) is 1.88. The molecule has 18 heavy (non-hydrogen) atoms. The monoisotopic (exact) mass is 255 g/mol. The Bertz CT molecular complexity index is 427. The molecule has 1 fully saturated rings. The highest BCUT2D eigenvalue weighted by Crippen LogP contribution is 2.51. The van der Waals surface area contributed by atoms with Crippen LogP contribution < -0.4 is 4.74 Å². The van der Waals surface area contributed by atoms with Crippen LogP contribution in [0.5, 0.6) is 5.75 Å². The molecule has 1 heterocycles. The average molecular weight is 255 g/mol. The van der Waals surface area contributed by atoms with Crippen molar-refractivity contribution < 1.29 is 18.3 Å². The van der Waals surface area contributed by atoms with E-state index in [1.54, 1.807) is 0 Å². The van der Waals surface area contributed by atoms with Gasteiger partial charge in [-0.25, -0.2) is 8.78 Å². The molecule has 1 aliphatic carbocycles. The summed E-state index contributed by atoms with van der Waals surface area (Å²) in [6.07, 6.45) is 0.921. The van der Waals surface area contributed by atoms with Gasteiger partial charge >= 0.3 is 5.97 Å². The van der Waals surface area contributed by atoms with Gasteiger partial charge in [-0.3, -0.25) is 9.78 Å². The molecule has 0 unspecified atom stereocenters. The Labute approximate surface area is 104 Å². The van der Waals surface area contributed by atoms with Gasteiger partial charge in [0, 0.05) is 6.42 Å². The number of ether oxygens (including phenoxy) is 1. The van der Waals surface area contributed by atoms with Crippen molar-refractivity contribution in [1.82, 2.24) is 4.98 Å². The van der Waals surface area contributed by atoms with Crippen molar-refractivity contribution in [2.24, 2.45) is 0 Å². The molecule has 1 aromatic heterocycles. The Morgan fingerprint density at radius 1 is 1.50 bits per heavy atom. The lowest BCUT2D eigenvalue weighted by molar-refractivity contribution is -0.134. The third kappa shape index (κ3) is 2.49. The molecule has 0 atom stereocenters. The fourth-order valence-electron chi connectivity index (χ4n) is 1.84. The van der Waals surface area contributed by atoms with Crippen LogP contribution in [0, 0.1) is 0 Å². The Morgan fingerprint density at radius 3 is 2.67 bits per heavy atom. The second-order valence-electron chi connectivity index (χ2n) is 4.56. The number of carbonyl (C=O) groups excluding carboxylic acids is 1. The van der Waals surface area contributed by atoms with Crippen molar-refractivity contribution in [3.8, 4) is 5.75 Å². The highest BCUT2D eigenvalue weighted by atomic mass is 19.3. The van der Waals surface area contributed by atoms with Gasteiger partial charge in [0.1, 0.15) is 5.75 Å². The molecule has 0 radical (unpaired) electrons. The van der Waals surface area contributed by atoms with Crippen molar-refractivity contribution in [3.63, 3.8) is 0 Å². The highest BCUT2D eigenvalue weighted by Gasteiger charge is 2.53. The summed E-state index contributed by atoms with van der Waals surface area (Å²) < 4.78 is 30.7. The summed E-state index contributed by atoms with van der Waals surface area (Å²) in [5.41, 5.74) is -0.681. The summed E-state index contributed by atoms with van der Waals surface area (Å²) in [7, 11) is 0. The van der Waals surface area contributed by atoms with Crippen LogP contribution in [0.15, 0.2) is 18.3 Å². The molecule has 5 heteroatoms. The largest absolute Gasteiger partial charge is 0.425 e. The van der Waals surface area contributed by atoms with E-state index in [1.165, 1.54) is 18.3 Å². The lowest BCUT2D eigenvalue weighted by Crippen LogP contribution is -2.19. The maximum Gasteiger partial charge on any atom is 0.311 e. The molecule has 1 saturated carbocycles. The fraction of sp³-hybridized carbons (Fsp3) is 0.538. The number of esters is 1. The van der Waals surface area contributed by atoms with Gasteiger partial charge in [-0.05, 0) is 31.4 Å². The molecule has 3 nitrogen and oxygen atoms in total. The zero-order chi connectivity index (χ0) is 13.2. The van der Waals surface area contributed by atoms with Crippen molar-refractivity contribution in [3.05, 3.63) is 24.0 Å². The van der Waals surface area contributed by atoms with E-state index in [0.29, 0.717) is 37.1 Å². The molecular weight excluding hydrogens is 240 g/mol. The number of aromatic nitrogens is 1. The van der Waals surface area contributed by atoms with E-state index < -0.39 is 11.8 Å². The zero-order valence-corrected chi connectivity index (χ0v) is 10.2. The van der Waals surface area contributed by atoms with E-state index in [-0.39, 0.29) is 5.97 Å². The second kappa shape index (κ2) is 5.00. The van der Waals surface area contributed by atoms with Gasteiger partial charge in [-0.15, -0.1) is 0 Å². The number of alkyl halides is 2. The van der Waals surface area contributed by atoms with E-state index in [4.69, 9.17) is 4.74 Å². The van der Waals surface area contributed by atoms with Crippen molar-refractivity contribution in [2.75, 3.05) is 0 Å². The summed E-state index contributed by atoms with van der Waals surface area (Å²) in [5, 5.41) is 0. The van der Waals surface area contributed by atoms with Crippen molar-refractivity contribution in [2.45, 2.75) is 44.4 Å². The van der Waals surface area contributed by atoms with Gasteiger partial charge in [0.05, 0.1) is 17.3 Å². The molecule has 0 saturated heterocycles. The lowest BCUT2D eigenvalue weighted by atomic mass is 10.0. The molecule has 0 aromatic carbocycles. The number of rotatable bonds is 5. The minimum atomic E-state index is -2.39. The smallest absolute Gasteiger partial charge is 0.311 e. The van der Waals surface area contributed by atoms with Crippen LogP contribution >= 0.6 is 0 Å². The van der Waals surface area contributed by atoms with E-state index in [9.17, 15) is 13.6 Å². The fourth-order valence-corrected chi connectivity index (χ4v) is 1.84. The maximum atomic E-state index is 12.8. The Morgan fingerprint density at radius 2 is 2.22 bits per heavy atom. The molecule has 2 rings (SSSR count).